The highest BCUT2D eigenvalue weighted by molar-refractivity contribution is 5.76. The molecule has 0 saturated heterocycles. The van der Waals surface area contributed by atoms with E-state index >= 15 is 0 Å². The maximum Gasteiger partial charge on any atom is 0.305 e. The van der Waals surface area contributed by atoms with Crippen LogP contribution in [0.1, 0.15) is 328 Å². The van der Waals surface area contributed by atoms with Gasteiger partial charge in [-0.3, -0.25) is 9.59 Å². The van der Waals surface area contributed by atoms with Gasteiger partial charge in [-0.25, -0.2) is 0 Å². The molecule has 0 spiro atoms. The van der Waals surface area contributed by atoms with Crippen LogP contribution < -0.4 is 5.32 Å². The van der Waals surface area contributed by atoms with Gasteiger partial charge in [0.25, 0.3) is 0 Å². The van der Waals surface area contributed by atoms with E-state index in [1.807, 2.05) is 6.08 Å². The molecule has 0 rings (SSSR count). The molecule has 6 nitrogen and oxygen atoms in total. The first-order chi connectivity index (χ1) is 32.0. The first-order valence-electron chi connectivity index (χ1n) is 29.5. The van der Waals surface area contributed by atoms with Crippen LogP contribution in [-0.2, 0) is 14.3 Å². The fourth-order valence-corrected chi connectivity index (χ4v) is 9.28. The second kappa shape index (κ2) is 55.2. The molecule has 65 heavy (non-hydrogen) atoms. The lowest BCUT2D eigenvalue weighted by molar-refractivity contribution is -0.143. The second-order valence-electron chi connectivity index (χ2n) is 20.3. The van der Waals surface area contributed by atoms with Crippen LogP contribution in [0.5, 0.6) is 0 Å². The number of hydrogen-bond donors (Lipinski definition) is 3. The predicted molar refractivity (Wildman–Crippen MR) is 283 cm³/mol. The summed E-state index contributed by atoms with van der Waals surface area (Å²) in [6, 6.07) is -0.624. The molecule has 0 aliphatic heterocycles. The normalized spacial score (nSPS) is 12.6. The summed E-state index contributed by atoms with van der Waals surface area (Å²) in [4.78, 5) is 24.4. The highest BCUT2D eigenvalue weighted by atomic mass is 16.5. The van der Waals surface area contributed by atoms with Crippen molar-refractivity contribution in [1.82, 2.24) is 5.32 Å². The molecule has 0 fully saturated rings. The van der Waals surface area contributed by atoms with Crippen LogP contribution in [0.2, 0.25) is 0 Å². The Kier molecular flexibility index (Phi) is 54.0. The van der Waals surface area contributed by atoms with Gasteiger partial charge in [0.2, 0.25) is 5.91 Å². The van der Waals surface area contributed by atoms with Crippen molar-refractivity contribution < 1.29 is 24.5 Å². The molecule has 0 radical (unpaired) electrons. The standard InChI is InChI=1S/C59H115NO5/c1-3-5-7-9-11-13-15-16-30-33-37-41-45-49-53-59(64)65-54-50-46-42-38-34-31-28-26-24-22-20-18-17-19-21-23-25-27-29-32-36-40-44-48-52-58(63)60-56(55-61)57(62)51-47-43-39-35-14-12-10-8-6-4-2/h47,51,56-57,61-62H,3-46,48-50,52-55H2,1-2H3,(H,60,63)/b51-47+. The number of esters is 1. The highest BCUT2D eigenvalue weighted by Gasteiger charge is 2.18. The molecule has 1 amide bonds. The van der Waals surface area contributed by atoms with Crippen molar-refractivity contribution in [2.45, 2.75) is 341 Å². The van der Waals surface area contributed by atoms with E-state index in [4.69, 9.17) is 4.74 Å². The van der Waals surface area contributed by atoms with Crippen LogP contribution in [0, 0.1) is 0 Å². The number of aliphatic hydroxyl groups excluding tert-OH is 2. The topological polar surface area (TPSA) is 95.9 Å². The Hall–Kier alpha value is -1.40. The minimum absolute atomic E-state index is 0.0175. The summed E-state index contributed by atoms with van der Waals surface area (Å²) in [5, 5.41) is 23.0. The minimum atomic E-state index is -0.840. The summed E-state index contributed by atoms with van der Waals surface area (Å²) in [6.07, 6.45) is 65.4. The van der Waals surface area contributed by atoms with Gasteiger partial charge in [0, 0.05) is 12.8 Å². The molecule has 0 aromatic rings. The number of carbonyl (C=O) groups excluding carboxylic acids is 2. The van der Waals surface area contributed by atoms with Crippen LogP contribution in [-0.4, -0.2) is 47.4 Å². The Bertz CT molecular complexity index is 970. The number of unbranched alkanes of at least 4 members (excludes halogenated alkanes) is 44. The fraction of sp³-hybridized carbons (Fsp3) is 0.932. The molecule has 0 saturated carbocycles. The number of amides is 1. The molecule has 0 aliphatic rings. The third-order valence-corrected chi connectivity index (χ3v) is 13.8. The molecule has 0 aromatic carbocycles. The Morgan fingerprint density at radius 2 is 0.708 bits per heavy atom. The number of nitrogens with one attached hydrogen (secondary N) is 1. The van der Waals surface area contributed by atoms with Crippen molar-refractivity contribution in [3.63, 3.8) is 0 Å². The van der Waals surface area contributed by atoms with E-state index in [-0.39, 0.29) is 18.5 Å². The monoisotopic (exact) mass is 918 g/mol. The van der Waals surface area contributed by atoms with Crippen molar-refractivity contribution in [1.29, 1.82) is 0 Å². The van der Waals surface area contributed by atoms with Gasteiger partial charge in [-0.1, -0.05) is 296 Å². The molecule has 2 atom stereocenters. The summed E-state index contributed by atoms with van der Waals surface area (Å²) >= 11 is 0. The van der Waals surface area contributed by atoms with E-state index in [0.717, 1.165) is 38.5 Å². The van der Waals surface area contributed by atoms with E-state index in [0.29, 0.717) is 19.4 Å². The molecule has 6 heteroatoms. The van der Waals surface area contributed by atoms with Gasteiger partial charge in [0.15, 0.2) is 0 Å². The summed E-state index contributed by atoms with van der Waals surface area (Å²) in [5.41, 5.74) is 0. The first kappa shape index (κ1) is 63.6. The molecule has 0 aliphatic carbocycles. The average Bonchev–Trinajstić information content (AvgIpc) is 3.31. The van der Waals surface area contributed by atoms with E-state index in [9.17, 15) is 19.8 Å². The maximum atomic E-state index is 12.4. The Morgan fingerprint density at radius 1 is 0.415 bits per heavy atom. The quantitative estimate of drug-likeness (QED) is 0.0321. The van der Waals surface area contributed by atoms with Gasteiger partial charge in [-0.05, 0) is 32.1 Å². The first-order valence-corrected chi connectivity index (χ1v) is 29.5. The highest BCUT2D eigenvalue weighted by Crippen LogP contribution is 2.18. The van der Waals surface area contributed by atoms with Gasteiger partial charge in [0.1, 0.15) is 0 Å². The number of aliphatic hydroxyl groups is 2. The van der Waals surface area contributed by atoms with E-state index < -0.39 is 12.1 Å². The van der Waals surface area contributed by atoms with Crippen molar-refractivity contribution in [3.8, 4) is 0 Å². The zero-order valence-corrected chi connectivity index (χ0v) is 44.0. The van der Waals surface area contributed by atoms with Gasteiger partial charge in [-0.2, -0.15) is 0 Å². The molecule has 2 unspecified atom stereocenters. The second-order valence-corrected chi connectivity index (χ2v) is 20.3. The fourth-order valence-electron chi connectivity index (χ4n) is 9.28. The van der Waals surface area contributed by atoms with Gasteiger partial charge in [-0.15, -0.1) is 0 Å². The van der Waals surface area contributed by atoms with E-state index in [1.165, 1.54) is 263 Å². The summed E-state index contributed by atoms with van der Waals surface area (Å²) in [7, 11) is 0. The molecular formula is C59H115NO5. The molecule has 0 bridgehead atoms. The lowest BCUT2D eigenvalue weighted by atomic mass is 10.0. The third kappa shape index (κ3) is 51.8. The molecule has 3 N–H and O–H groups in total. The Labute approximate surface area is 406 Å². The maximum absolute atomic E-state index is 12.4. The van der Waals surface area contributed by atoms with Crippen molar-refractivity contribution in [3.05, 3.63) is 12.2 Å². The van der Waals surface area contributed by atoms with Crippen LogP contribution in [0.3, 0.4) is 0 Å². The smallest absolute Gasteiger partial charge is 0.305 e. The van der Waals surface area contributed by atoms with Gasteiger partial charge >= 0.3 is 5.97 Å². The number of ether oxygens (including phenoxy) is 1. The number of allylic oxidation sites excluding steroid dienone is 1. The van der Waals surface area contributed by atoms with Crippen LogP contribution >= 0.6 is 0 Å². The predicted octanol–water partition coefficient (Wildman–Crippen LogP) is 18.1. The molecular weight excluding hydrogens is 803 g/mol. The molecule has 0 heterocycles. The van der Waals surface area contributed by atoms with Crippen molar-refractivity contribution in [2.75, 3.05) is 13.2 Å². The van der Waals surface area contributed by atoms with Crippen molar-refractivity contribution in [2.24, 2.45) is 0 Å². The lowest BCUT2D eigenvalue weighted by Gasteiger charge is -2.20. The number of carbonyl (C=O) groups is 2. The molecule has 0 aromatic heterocycles. The van der Waals surface area contributed by atoms with Gasteiger partial charge < -0.3 is 20.3 Å². The lowest BCUT2D eigenvalue weighted by Crippen LogP contribution is -2.45. The summed E-state index contributed by atoms with van der Waals surface area (Å²) in [5.74, 6) is -0.0501. The minimum Gasteiger partial charge on any atom is -0.466 e. The largest absolute Gasteiger partial charge is 0.466 e. The van der Waals surface area contributed by atoms with E-state index in [2.05, 4.69) is 19.2 Å². The average molecular weight is 919 g/mol. The summed E-state index contributed by atoms with van der Waals surface area (Å²) in [6.45, 7) is 4.90. The van der Waals surface area contributed by atoms with Crippen LogP contribution in [0.15, 0.2) is 12.2 Å². The zero-order chi connectivity index (χ0) is 47.2. The molecule has 386 valence electrons. The summed E-state index contributed by atoms with van der Waals surface area (Å²) < 4.78 is 5.48. The third-order valence-electron chi connectivity index (χ3n) is 13.8. The van der Waals surface area contributed by atoms with Gasteiger partial charge in [0.05, 0.1) is 25.4 Å². The zero-order valence-electron chi connectivity index (χ0n) is 44.0. The van der Waals surface area contributed by atoms with Crippen LogP contribution in [0.25, 0.3) is 0 Å². The Balaban J connectivity index is 3.34. The van der Waals surface area contributed by atoms with Crippen LogP contribution in [0.4, 0.5) is 0 Å². The SMILES string of the molecule is CCCCCCCCCC/C=C/C(O)C(CO)NC(=O)CCCCCCCCCCCCCCCCCCCCCCCCCCOC(=O)CCCCCCCCCCCCCCCC. The number of rotatable bonds is 55. The van der Waals surface area contributed by atoms with E-state index in [1.54, 1.807) is 6.08 Å². The number of hydrogen-bond acceptors (Lipinski definition) is 5. The Morgan fingerprint density at radius 3 is 1.05 bits per heavy atom. The van der Waals surface area contributed by atoms with Crippen molar-refractivity contribution >= 4 is 11.9 Å².